The van der Waals surface area contributed by atoms with Gasteiger partial charge >= 0.3 is 6.18 Å². The van der Waals surface area contributed by atoms with Gasteiger partial charge in [0.2, 0.25) is 0 Å². The number of halogens is 3. The van der Waals surface area contributed by atoms with Gasteiger partial charge in [0, 0.05) is 11.1 Å². The third kappa shape index (κ3) is 2.69. The zero-order chi connectivity index (χ0) is 19.3. The van der Waals surface area contributed by atoms with Gasteiger partial charge in [-0.2, -0.15) is 13.2 Å². The minimum Gasteiger partial charge on any atom is -0.369 e. The van der Waals surface area contributed by atoms with E-state index in [1.807, 2.05) is 19.1 Å². The summed E-state index contributed by atoms with van der Waals surface area (Å²) in [7, 11) is 0. The third-order valence-corrected chi connectivity index (χ3v) is 4.51. The number of nitrogens with one attached hydrogen (secondary N) is 2. The Morgan fingerprint density at radius 1 is 1.04 bits per heavy atom. The Morgan fingerprint density at radius 2 is 1.78 bits per heavy atom. The molecule has 0 amide bonds. The van der Waals surface area contributed by atoms with Gasteiger partial charge in [0.1, 0.15) is 0 Å². The highest BCUT2D eigenvalue weighted by atomic mass is 19.4. The summed E-state index contributed by atoms with van der Waals surface area (Å²) in [6.45, 7) is 3.28. The first-order valence-electron chi connectivity index (χ1n) is 7.97. The molecule has 10 heteroatoms. The zero-order valence-electron chi connectivity index (χ0n) is 14.3. The minimum absolute atomic E-state index is 0.0276. The van der Waals surface area contributed by atoms with Gasteiger partial charge in [-0.25, -0.2) is 10.1 Å². The summed E-state index contributed by atoms with van der Waals surface area (Å²) in [6, 6.07) is 6.12. The number of tetrazole rings is 1. The van der Waals surface area contributed by atoms with E-state index >= 15 is 0 Å². The summed E-state index contributed by atoms with van der Waals surface area (Å²) in [6.07, 6.45) is -4.49. The van der Waals surface area contributed by atoms with Crippen LogP contribution in [0.4, 0.5) is 19.1 Å². The number of hydrogen-bond acceptors (Lipinski definition) is 5. The topological polar surface area (TPSA) is 109 Å². The first-order chi connectivity index (χ1) is 12.8. The van der Waals surface area contributed by atoms with Crippen LogP contribution < -0.4 is 5.73 Å². The second-order valence-electron chi connectivity index (χ2n) is 6.18. The van der Waals surface area contributed by atoms with Crippen molar-refractivity contribution in [2.45, 2.75) is 20.0 Å². The fourth-order valence-electron chi connectivity index (χ4n) is 3.28. The van der Waals surface area contributed by atoms with Crippen LogP contribution in [0.15, 0.2) is 24.3 Å². The first kappa shape index (κ1) is 17.0. The summed E-state index contributed by atoms with van der Waals surface area (Å²) in [5.74, 6) is 0.377. The summed E-state index contributed by atoms with van der Waals surface area (Å²) in [5, 5.41) is 13.4. The maximum Gasteiger partial charge on any atom is 0.416 e. The van der Waals surface area contributed by atoms with E-state index in [4.69, 9.17) is 5.73 Å². The van der Waals surface area contributed by atoms with Crippen LogP contribution in [-0.4, -0.2) is 30.6 Å². The molecule has 4 rings (SSSR count). The summed E-state index contributed by atoms with van der Waals surface area (Å²) >= 11 is 0. The average Bonchev–Trinajstić information content (AvgIpc) is 3.23. The van der Waals surface area contributed by atoms with E-state index in [1.165, 1.54) is 13.0 Å². The molecule has 0 spiro atoms. The molecule has 2 aromatic heterocycles. The van der Waals surface area contributed by atoms with Gasteiger partial charge in [-0.05, 0) is 47.0 Å². The molecule has 0 saturated heterocycles. The molecule has 0 saturated carbocycles. The molecule has 0 aliphatic heterocycles. The molecule has 2 heterocycles. The number of H-pyrrole nitrogens is 2. The molecule has 0 unspecified atom stereocenters. The number of anilines is 1. The lowest BCUT2D eigenvalue weighted by Gasteiger charge is -2.17. The second-order valence-corrected chi connectivity index (χ2v) is 6.18. The summed E-state index contributed by atoms with van der Waals surface area (Å²) < 4.78 is 40.3. The molecule has 0 aliphatic carbocycles. The molecule has 2 aromatic carbocycles. The molecular formula is C17H14F3N7. The van der Waals surface area contributed by atoms with Crippen molar-refractivity contribution in [3.63, 3.8) is 0 Å². The molecule has 0 bridgehead atoms. The number of aryl methyl sites for hydroxylation is 1. The Morgan fingerprint density at radius 3 is 2.44 bits per heavy atom. The third-order valence-electron chi connectivity index (χ3n) is 4.51. The number of benzene rings is 2. The molecule has 0 aliphatic rings. The van der Waals surface area contributed by atoms with E-state index in [1.54, 1.807) is 0 Å². The number of imidazole rings is 1. The van der Waals surface area contributed by atoms with Crippen molar-refractivity contribution in [2.24, 2.45) is 0 Å². The monoisotopic (exact) mass is 373 g/mol. The Kier molecular flexibility index (Phi) is 3.65. The van der Waals surface area contributed by atoms with Gasteiger partial charge in [0.05, 0.1) is 16.6 Å². The Labute approximate surface area is 150 Å². The van der Waals surface area contributed by atoms with Crippen molar-refractivity contribution < 1.29 is 13.2 Å². The van der Waals surface area contributed by atoms with Crippen molar-refractivity contribution >= 4 is 17.0 Å². The number of nitrogen functional groups attached to an aromatic ring is 1. The highest BCUT2D eigenvalue weighted by Gasteiger charge is 2.34. The number of rotatable bonds is 2. The number of nitrogens with two attached hydrogens (primary N) is 1. The predicted octanol–water partition coefficient (Wildman–Crippen LogP) is 3.63. The molecule has 4 aromatic rings. The van der Waals surface area contributed by atoms with Crippen molar-refractivity contribution in [2.75, 3.05) is 5.73 Å². The number of fused-ring (bicyclic) bond motifs is 1. The Balaban J connectivity index is 2.08. The number of aromatic nitrogens is 6. The average molecular weight is 373 g/mol. The summed E-state index contributed by atoms with van der Waals surface area (Å²) in [5.41, 5.74) is 8.73. The number of alkyl halides is 3. The SMILES string of the molecule is Cc1c(C(F)(F)F)ccc(-c2ccc(C)c3nc(N)[nH]c23)c1-c1nnn[nH]1. The lowest BCUT2D eigenvalue weighted by molar-refractivity contribution is -0.138. The molecular weight excluding hydrogens is 359 g/mol. The minimum atomic E-state index is -4.49. The lowest BCUT2D eigenvalue weighted by Crippen LogP contribution is -2.09. The van der Waals surface area contributed by atoms with Crippen LogP contribution in [0, 0.1) is 13.8 Å². The molecule has 7 nitrogen and oxygen atoms in total. The van der Waals surface area contributed by atoms with E-state index < -0.39 is 11.7 Å². The number of hydrogen-bond donors (Lipinski definition) is 3. The van der Waals surface area contributed by atoms with E-state index in [0.717, 1.165) is 11.6 Å². The zero-order valence-corrected chi connectivity index (χ0v) is 14.3. The highest BCUT2D eigenvalue weighted by molar-refractivity contribution is 5.99. The second kappa shape index (κ2) is 5.79. The van der Waals surface area contributed by atoms with E-state index in [9.17, 15) is 13.2 Å². The van der Waals surface area contributed by atoms with Gasteiger partial charge in [0.25, 0.3) is 0 Å². The van der Waals surface area contributed by atoms with Crippen molar-refractivity contribution in [1.29, 1.82) is 0 Å². The maximum absolute atomic E-state index is 13.4. The molecule has 27 heavy (non-hydrogen) atoms. The van der Waals surface area contributed by atoms with Crippen LogP contribution in [-0.2, 0) is 6.18 Å². The quantitative estimate of drug-likeness (QED) is 0.497. The van der Waals surface area contributed by atoms with Crippen LogP contribution in [0.5, 0.6) is 0 Å². The van der Waals surface area contributed by atoms with E-state index in [-0.39, 0.29) is 22.9 Å². The highest BCUT2D eigenvalue weighted by Crippen LogP contribution is 2.42. The Bertz CT molecular complexity index is 1140. The van der Waals surface area contributed by atoms with E-state index in [2.05, 4.69) is 30.6 Å². The molecule has 0 radical (unpaired) electrons. The van der Waals surface area contributed by atoms with Crippen molar-refractivity contribution in [3.8, 4) is 22.5 Å². The van der Waals surface area contributed by atoms with Crippen molar-refractivity contribution in [3.05, 3.63) is 41.0 Å². The van der Waals surface area contributed by atoms with Gasteiger partial charge in [0.15, 0.2) is 11.8 Å². The molecule has 0 fully saturated rings. The number of nitrogens with zero attached hydrogens (tertiary/aromatic N) is 4. The molecule has 0 atom stereocenters. The Hall–Kier alpha value is -3.43. The van der Waals surface area contributed by atoms with Crippen LogP contribution in [0.3, 0.4) is 0 Å². The van der Waals surface area contributed by atoms with Gasteiger partial charge in [-0.15, -0.1) is 5.10 Å². The van der Waals surface area contributed by atoms with Crippen LogP contribution in [0.1, 0.15) is 16.7 Å². The fraction of sp³-hybridized carbons (Fsp3) is 0.176. The lowest BCUT2D eigenvalue weighted by atomic mass is 9.91. The predicted molar refractivity (Wildman–Crippen MR) is 93.6 cm³/mol. The van der Waals surface area contributed by atoms with Gasteiger partial charge in [-0.3, -0.25) is 0 Å². The number of aromatic amines is 2. The van der Waals surface area contributed by atoms with E-state index in [0.29, 0.717) is 22.2 Å². The van der Waals surface area contributed by atoms with Crippen LogP contribution in [0.2, 0.25) is 0 Å². The molecule has 4 N–H and O–H groups in total. The largest absolute Gasteiger partial charge is 0.416 e. The van der Waals surface area contributed by atoms with Crippen LogP contribution in [0.25, 0.3) is 33.5 Å². The first-order valence-corrected chi connectivity index (χ1v) is 7.97. The maximum atomic E-state index is 13.4. The van der Waals surface area contributed by atoms with Crippen molar-refractivity contribution in [1.82, 2.24) is 30.6 Å². The summed E-state index contributed by atoms with van der Waals surface area (Å²) in [4.78, 5) is 7.25. The van der Waals surface area contributed by atoms with Gasteiger partial charge in [-0.1, -0.05) is 18.2 Å². The van der Waals surface area contributed by atoms with Gasteiger partial charge < -0.3 is 10.7 Å². The van der Waals surface area contributed by atoms with Crippen LogP contribution >= 0.6 is 0 Å². The molecule has 138 valence electrons. The smallest absolute Gasteiger partial charge is 0.369 e. The standard InChI is InChI=1S/C17H14F3N7/c1-7-3-4-10(14-13(7)22-16(21)23-14)9-5-6-11(17(18,19)20)8(2)12(9)15-24-26-27-25-15/h3-6H,1-2H3,(H3,21,22,23)(H,24,25,26,27). The fourth-order valence-corrected chi connectivity index (χ4v) is 3.28. The normalized spacial score (nSPS) is 12.0.